The quantitative estimate of drug-likeness (QED) is 0.870. The van der Waals surface area contributed by atoms with Crippen LogP contribution in [0.25, 0.3) is 5.13 Å². The van der Waals surface area contributed by atoms with Gasteiger partial charge in [-0.2, -0.15) is 0 Å². The van der Waals surface area contributed by atoms with Crippen molar-refractivity contribution in [2.24, 2.45) is 5.73 Å². The van der Waals surface area contributed by atoms with Gasteiger partial charge < -0.3 is 10.6 Å². The third-order valence-electron chi connectivity index (χ3n) is 2.96. The lowest BCUT2D eigenvalue weighted by molar-refractivity contribution is 0.505. The van der Waals surface area contributed by atoms with E-state index in [4.69, 9.17) is 5.73 Å². The fourth-order valence-corrected chi connectivity index (χ4v) is 2.93. The minimum atomic E-state index is 0.266. The lowest BCUT2D eigenvalue weighted by atomic mass is 10.1. The molecule has 1 saturated heterocycles. The zero-order valence-corrected chi connectivity index (χ0v) is 10.3. The first-order chi connectivity index (χ1) is 8.33. The van der Waals surface area contributed by atoms with Crippen molar-refractivity contribution in [3.8, 4) is 5.13 Å². The third-order valence-corrected chi connectivity index (χ3v) is 3.95. The molecule has 0 aromatic carbocycles. The van der Waals surface area contributed by atoms with E-state index in [-0.39, 0.29) is 6.04 Å². The van der Waals surface area contributed by atoms with E-state index in [1.54, 1.807) is 11.3 Å². The van der Waals surface area contributed by atoms with Crippen LogP contribution < -0.4 is 10.6 Å². The van der Waals surface area contributed by atoms with Gasteiger partial charge in [0, 0.05) is 31.5 Å². The molecule has 0 bridgehead atoms. The molecule has 1 aliphatic heterocycles. The van der Waals surface area contributed by atoms with E-state index in [0.29, 0.717) is 0 Å². The molecule has 3 heterocycles. The summed E-state index contributed by atoms with van der Waals surface area (Å²) >= 11 is 1.61. The number of hydrogen-bond donors (Lipinski definition) is 1. The van der Waals surface area contributed by atoms with Crippen LogP contribution in [0.4, 0.5) is 5.13 Å². The van der Waals surface area contributed by atoms with Gasteiger partial charge in [-0.1, -0.05) is 11.3 Å². The zero-order chi connectivity index (χ0) is 11.7. The zero-order valence-electron chi connectivity index (χ0n) is 9.49. The highest BCUT2D eigenvalue weighted by Gasteiger charge is 2.20. The third kappa shape index (κ3) is 2.18. The van der Waals surface area contributed by atoms with Crippen LogP contribution in [0, 0.1) is 0 Å². The van der Waals surface area contributed by atoms with Crippen LogP contribution >= 0.6 is 11.3 Å². The molecule has 2 aromatic heterocycles. The maximum Gasteiger partial charge on any atom is 0.218 e. The highest BCUT2D eigenvalue weighted by molar-refractivity contribution is 7.17. The van der Waals surface area contributed by atoms with Gasteiger partial charge in [0.15, 0.2) is 0 Å². The molecule has 2 aromatic rings. The molecule has 90 valence electrons. The minimum Gasteiger partial charge on any atom is -0.345 e. The number of anilines is 1. The maximum atomic E-state index is 5.97. The second-order valence-electron chi connectivity index (χ2n) is 4.31. The van der Waals surface area contributed by atoms with E-state index in [0.717, 1.165) is 36.2 Å². The number of aromatic nitrogens is 3. The van der Waals surface area contributed by atoms with E-state index < -0.39 is 0 Å². The van der Waals surface area contributed by atoms with E-state index in [2.05, 4.69) is 15.1 Å². The van der Waals surface area contributed by atoms with Gasteiger partial charge in [-0.05, 0) is 25.0 Å². The van der Waals surface area contributed by atoms with Gasteiger partial charge in [0.05, 0.1) is 0 Å². The Morgan fingerprint density at radius 2 is 2.00 bits per heavy atom. The van der Waals surface area contributed by atoms with Crippen LogP contribution in [0.3, 0.4) is 0 Å². The Balaban J connectivity index is 1.80. The summed E-state index contributed by atoms with van der Waals surface area (Å²) in [5, 5.41) is 10.3. The number of hydrogen-bond acceptors (Lipinski definition) is 5. The summed E-state index contributed by atoms with van der Waals surface area (Å²) in [7, 11) is 0. The van der Waals surface area contributed by atoms with Crippen molar-refractivity contribution in [3.05, 3.63) is 24.5 Å². The molecule has 6 heteroatoms. The summed E-state index contributed by atoms with van der Waals surface area (Å²) in [6, 6.07) is 4.23. The molecule has 0 saturated carbocycles. The van der Waals surface area contributed by atoms with E-state index in [9.17, 15) is 0 Å². The average molecular weight is 249 g/mol. The van der Waals surface area contributed by atoms with Crippen molar-refractivity contribution in [1.82, 2.24) is 14.8 Å². The Labute approximate surface area is 104 Å². The smallest absolute Gasteiger partial charge is 0.218 e. The predicted molar refractivity (Wildman–Crippen MR) is 68.7 cm³/mol. The van der Waals surface area contributed by atoms with Crippen molar-refractivity contribution < 1.29 is 0 Å². The van der Waals surface area contributed by atoms with Gasteiger partial charge in [-0.3, -0.25) is 4.57 Å². The molecule has 1 atom stereocenters. The van der Waals surface area contributed by atoms with Gasteiger partial charge in [0.1, 0.15) is 0 Å². The minimum absolute atomic E-state index is 0.266. The Morgan fingerprint density at radius 3 is 2.76 bits per heavy atom. The first-order valence-corrected chi connectivity index (χ1v) is 6.62. The Kier molecular flexibility index (Phi) is 2.82. The molecule has 1 aliphatic rings. The van der Waals surface area contributed by atoms with Crippen LogP contribution in [0.1, 0.15) is 12.8 Å². The Bertz CT molecular complexity index is 478. The van der Waals surface area contributed by atoms with Crippen molar-refractivity contribution >= 4 is 16.5 Å². The largest absolute Gasteiger partial charge is 0.345 e. The summed E-state index contributed by atoms with van der Waals surface area (Å²) in [5.41, 5.74) is 5.97. The fourth-order valence-electron chi connectivity index (χ4n) is 2.09. The number of nitrogens with two attached hydrogens (primary N) is 1. The van der Waals surface area contributed by atoms with Crippen molar-refractivity contribution in [2.75, 3.05) is 18.0 Å². The maximum absolute atomic E-state index is 5.97. The lowest BCUT2D eigenvalue weighted by Crippen LogP contribution is -2.42. The van der Waals surface area contributed by atoms with Crippen LogP contribution in [-0.2, 0) is 0 Å². The summed E-state index contributed by atoms with van der Waals surface area (Å²) in [5.74, 6) is 0. The highest BCUT2D eigenvalue weighted by atomic mass is 32.1. The topological polar surface area (TPSA) is 60.0 Å². The molecule has 3 rings (SSSR count). The molecule has 1 fully saturated rings. The molecule has 17 heavy (non-hydrogen) atoms. The summed E-state index contributed by atoms with van der Waals surface area (Å²) in [6.07, 6.45) is 6.21. The SMILES string of the molecule is NC1CCCN(c2nnc(-n3cccc3)s2)C1. The molecule has 0 radical (unpaired) electrons. The van der Waals surface area contributed by atoms with Crippen molar-refractivity contribution in [1.29, 1.82) is 0 Å². The monoisotopic (exact) mass is 249 g/mol. The average Bonchev–Trinajstić information content (AvgIpc) is 3.00. The normalized spacial score (nSPS) is 20.8. The Hall–Kier alpha value is -1.40. The van der Waals surface area contributed by atoms with Gasteiger partial charge >= 0.3 is 0 Å². The van der Waals surface area contributed by atoms with Gasteiger partial charge in [-0.15, -0.1) is 10.2 Å². The first-order valence-electron chi connectivity index (χ1n) is 5.80. The van der Waals surface area contributed by atoms with Crippen molar-refractivity contribution in [3.63, 3.8) is 0 Å². The van der Waals surface area contributed by atoms with Gasteiger partial charge in [0.25, 0.3) is 0 Å². The molecule has 0 aliphatic carbocycles. The van der Waals surface area contributed by atoms with Gasteiger partial charge in [-0.25, -0.2) is 0 Å². The van der Waals surface area contributed by atoms with Gasteiger partial charge in [0.2, 0.25) is 10.3 Å². The fraction of sp³-hybridized carbons (Fsp3) is 0.455. The first kappa shape index (κ1) is 10.7. The molecule has 0 spiro atoms. The number of nitrogens with zero attached hydrogens (tertiary/aromatic N) is 4. The van der Waals surface area contributed by atoms with Crippen LogP contribution in [0.15, 0.2) is 24.5 Å². The van der Waals surface area contributed by atoms with Crippen LogP contribution in [0.5, 0.6) is 0 Å². The van der Waals surface area contributed by atoms with E-state index >= 15 is 0 Å². The molecule has 5 nitrogen and oxygen atoms in total. The van der Waals surface area contributed by atoms with Crippen LogP contribution in [0.2, 0.25) is 0 Å². The number of rotatable bonds is 2. The number of piperidine rings is 1. The second-order valence-corrected chi connectivity index (χ2v) is 5.24. The van der Waals surface area contributed by atoms with Crippen molar-refractivity contribution in [2.45, 2.75) is 18.9 Å². The molecular formula is C11H15N5S. The standard InChI is InChI=1S/C11H15N5S/c12-9-4-3-7-16(8-9)11-14-13-10(17-11)15-5-1-2-6-15/h1-2,5-6,9H,3-4,7-8,12H2. The van der Waals surface area contributed by atoms with E-state index in [1.807, 2.05) is 29.1 Å². The summed E-state index contributed by atoms with van der Waals surface area (Å²) < 4.78 is 1.98. The highest BCUT2D eigenvalue weighted by Crippen LogP contribution is 2.25. The van der Waals surface area contributed by atoms with E-state index in [1.165, 1.54) is 0 Å². The molecular weight excluding hydrogens is 234 g/mol. The second kappa shape index (κ2) is 4.46. The summed E-state index contributed by atoms with van der Waals surface area (Å²) in [6.45, 7) is 1.92. The van der Waals surface area contributed by atoms with Crippen LogP contribution in [-0.4, -0.2) is 33.9 Å². The molecule has 2 N–H and O–H groups in total. The molecule has 1 unspecified atom stereocenters. The predicted octanol–water partition coefficient (Wildman–Crippen LogP) is 1.26. The molecule has 0 amide bonds. The lowest BCUT2D eigenvalue weighted by Gasteiger charge is -2.29. The Morgan fingerprint density at radius 1 is 1.24 bits per heavy atom. The summed E-state index contributed by atoms with van der Waals surface area (Å²) in [4.78, 5) is 2.23.